The molecule has 166 valence electrons. The van der Waals surface area contributed by atoms with Crippen LogP contribution < -0.4 is 11.1 Å². The van der Waals surface area contributed by atoms with Crippen molar-refractivity contribution in [1.29, 1.82) is 0 Å². The summed E-state index contributed by atoms with van der Waals surface area (Å²) < 4.78 is 0. The zero-order valence-corrected chi connectivity index (χ0v) is 18.5. The Hall–Kier alpha value is -3.51. The maximum Gasteiger partial charge on any atom is 0.248 e. The largest absolute Gasteiger partial charge is 0.366 e. The minimum absolute atomic E-state index is 0.0182. The highest BCUT2D eigenvalue weighted by Crippen LogP contribution is 2.22. The molecule has 3 aromatic rings. The molecule has 0 spiro atoms. The van der Waals surface area contributed by atoms with Gasteiger partial charge in [0.2, 0.25) is 11.8 Å². The summed E-state index contributed by atoms with van der Waals surface area (Å²) in [7, 11) is 2.10. The van der Waals surface area contributed by atoms with Crippen LogP contribution in [-0.4, -0.2) is 41.8 Å². The summed E-state index contributed by atoms with van der Waals surface area (Å²) in [6, 6.07) is 20.8. The predicted molar refractivity (Wildman–Crippen MR) is 128 cm³/mol. The van der Waals surface area contributed by atoms with E-state index in [2.05, 4.69) is 22.2 Å². The molecule has 6 nitrogen and oxygen atoms in total. The van der Waals surface area contributed by atoms with Gasteiger partial charge in [0.25, 0.3) is 0 Å². The van der Waals surface area contributed by atoms with Crippen LogP contribution in [0.15, 0.2) is 72.9 Å². The Balaban J connectivity index is 1.37. The van der Waals surface area contributed by atoms with Crippen LogP contribution in [0.5, 0.6) is 0 Å². The summed E-state index contributed by atoms with van der Waals surface area (Å²) in [5.74, 6) is -0.431. The lowest BCUT2D eigenvalue weighted by atomic mass is 10.0. The van der Waals surface area contributed by atoms with Crippen LogP contribution in [0.3, 0.4) is 0 Å². The van der Waals surface area contributed by atoms with Crippen LogP contribution in [0.25, 0.3) is 11.1 Å². The van der Waals surface area contributed by atoms with E-state index in [9.17, 15) is 9.59 Å². The maximum absolute atomic E-state index is 12.3. The fraction of sp³-hybridized carbons (Fsp3) is 0.269. The van der Waals surface area contributed by atoms with E-state index >= 15 is 0 Å². The number of amides is 2. The van der Waals surface area contributed by atoms with E-state index in [0.29, 0.717) is 12.0 Å². The third-order valence-corrected chi connectivity index (χ3v) is 5.32. The summed E-state index contributed by atoms with van der Waals surface area (Å²) in [5.41, 5.74) is 9.56. The number of anilines is 1. The molecule has 6 heteroatoms. The molecule has 2 amide bonds. The molecule has 0 fully saturated rings. The van der Waals surface area contributed by atoms with E-state index in [0.717, 1.165) is 54.9 Å². The second kappa shape index (κ2) is 11.8. The van der Waals surface area contributed by atoms with Gasteiger partial charge in [0.15, 0.2) is 0 Å². The number of nitrogens with two attached hydrogens (primary N) is 1. The van der Waals surface area contributed by atoms with Crippen molar-refractivity contribution in [1.82, 2.24) is 9.88 Å². The number of likely N-dealkylation sites (N-methyl/N-ethyl adjacent to an activating group) is 1. The SMILES string of the molecule is CN(CCCCC(=O)Nc1ccc(-c2cccc(C(N)=O)c2)cc1)CCc1ccccn1. The number of nitrogens with zero attached hydrogens (tertiary/aromatic N) is 2. The van der Waals surface area contributed by atoms with E-state index in [1.54, 1.807) is 18.2 Å². The number of hydrogen-bond donors (Lipinski definition) is 2. The van der Waals surface area contributed by atoms with E-state index in [1.807, 2.05) is 54.7 Å². The van der Waals surface area contributed by atoms with Crippen molar-refractivity contribution in [2.75, 3.05) is 25.5 Å². The number of carbonyl (C=O) groups is 2. The monoisotopic (exact) mass is 430 g/mol. The maximum atomic E-state index is 12.3. The molecule has 0 radical (unpaired) electrons. The lowest BCUT2D eigenvalue weighted by Crippen LogP contribution is -2.23. The van der Waals surface area contributed by atoms with Crippen molar-refractivity contribution in [3.8, 4) is 11.1 Å². The van der Waals surface area contributed by atoms with E-state index < -0.39 is 5.91 Å². The average molecular weight is 431 g/mol. The van der Waals surface area contributed by atoms with Gasteiger partial charge in [0.05, 0.1) is 0 Å². The molecule has 1 heterocycles. The second-order valence-corrected chi connectivity index (χ2v) is 7.90. The van der Waals surface area contributed by atoms with Gasteiger partial charge in [-0.2, -0.15) is 0 Å². The van der Waals surface area contributed by atoms with Crippen LogP contribution in [0.1, 0.15) is 35.3 Å². The molecule has 0 saturated carbocycles. The van der Waals surface area contributed by atoms with Gasteiger partial charge in [-0.05, 0) is 74.0 Å². The first-order valence-electron chi connectivity index (χ1n) is 10.9. The van der Waals surface area contributed by atoms with Gasteiger partial charge >= 0.3 is 0 Å². The summed E-state index contributed by atoms with van der Waals surface area (Å²) >= 11 is 0. The Labute approximate surface area is 189 Å². The first-order valence-corrected chi connectivity index (χ1v) is 10.9. The van der Waals surface area contributed by atoms with Crippen LogP contribution in [-0.2, 0) is 11.2 Å². The Bertz CT molecular complexity index is 1020. The molecule has 0 aliphatic carbocycles. The predicted octanol–water partition coefficient (Wildman–Crippen LogP) is 4.13. The zero-order chi connectivity index (χ0) is 22.8. The number of nitrogens with one attached hydrogen (secondary N) is 1. The fourth-order valence-electron chi connectivity index (χ4n) is 3.45. The molecular weight excluding hydrogens is 400 g/mol. The van der Waals surface area contributed by atoms with Crippen molar-refractivity contribution in [2.24, 2.45) is 5.73 Å². The lowest BCUT2D eigenvalue weighted by molar-refractivity contribution is -0.116. The molecule has 1 aromatic heterocycles. The van der Waals surface area contributed by atoms with Crippen molar-refractivity contribution in [2.45, 2.75) is 25.7 Å². The average Bonchev–Trinajstić information content (AvgIpc) is 2.82. The number of primary amides is 1. The Morgan fingerprint density at radius 3 is 2.47 bits per heavy atom. The number of benzene rings is 2. The number of aromatic nitrogens is 1. The molecule has 0 aliphatic heterocycles. The second-order valence-electron chi connectivity index (χ2n) is 7.90. The molecule has 3 rings (SSSR count). The molecule has 0 aliphatic rings. The van der Waals surface area contributed by atoms with E-state index in [-0.39, 0.29) is 5.91 Å². The number of pyridine rings is 1. The molecule has 0 atom stereocenters. The normalized spacial score (nSPS) is 10.8. The summed E-state index contributed by atoms with van der Waals surface area (Å²) in [4.78, 5) is 30.2. The van der Waals surface area contributed by atoms with Gasteiger partial charge in [-0.3, -0.25) is 14.6 Å². The molecule has 32 heavy (non-hydrogen) atoms. The van der Waals surface area contributed by atoms with Gasteiger partial charge in [0, 0.05) is 42.5 Å². The van der Waals surface area contributed by atoms with Gasteiger partial charge in [-0.25, -0.2) is 0 Å². The van der Waals surface area contributed by atoms with Crippen LogP contribution in [0.2, 0.25) is 0 Å². The summed E-state index contributed by atoms with van der Waals surface area (Å²) in [6.07, 6.45) is 5.07. The Morgan fingerprint density at radius 1 is 0.938 bits per heavy atom. The molecular formula is C26H30N4O2. The Kier molecular flexibility index (Phi) is 8.52. The number of carbonyl (C=O) groups excluding carboxylic acids is 2. The number of rotatable bonds is 11. The molecule has 0 saturated heterocycles. The lowest BCUT2D eigenvalue weighted by Gasteiger charge is -2.16. The first-order chi connectivity index (χ1) is 15.5. The van der Waals surface area contributed by atoms with Gasteiger partial charge in [-0.15, -0.1) is 0 Å². The highest BCUT2D eigenvalue weighted by molar-refractivity contribution is 5.94. The third-order valence-electron chi connectivity index (χ3n) is 5.32. The molecule has 0 bridgehead atoms. The molecule has 3 N–H and O–H groups in total. The topological polar surface area (TPSA) is 88.3 Å². The molecule has 2 aromatic carbocycles. The third kappa shape index (κ3) is 7.32. The highest BCUT2D eigenvalue weighted by atomic mass is 16.1. The van der Waals surface area contributed by atoms with Crippen LogP contribution in [0, 0.1) is 0 Å². The van der Waals surface area contributed by atoms with Crippen molar-refractivity contribution in [3.63, 3.8) is 0 Å². The first kappa shape index (κ1) is 23.2. The highest BCUT2D eigenvalue weighted by Gasteiger charge is 2.06. The minimum Gasteiger partial charge on any atom is -0.366 e. The van der Waals surface area contributed by atoms with Gasteiger partial charge < -0.3 is 16.0 Å². The quantitative estimate of drug-likeness (QED) is 0.448. The zero-order valence-electron chi connectivity index (χ0n) is 18.5. The van der Waals surface area contributed by atoms with Gasteiger partial charge in [0.1, 0.15) is 0 Å². The molecule has 0 unspecified atom stereocenters. The summed E-state index contributed by atoms with van der Waals surface area (Å²) in [5, 5.41) is 2.95. The van der Waals surface area contributed by atoms with Crippen molar-refractivity contribution in [3.05, 3.63) is 84.2 Å². The fourth-order valence-corrected chi connectivity index (χ4v) is 3.45. The minimum atomic E-state index is -0.449. The van der Waals surface area contributed by atoms with Gasteiger partial charge in [-0.1, -0.05) is 30.3 Å². The summed E-state index contributed by atoms with van der Waals surface area (Å²) in [6.45, 7) is 1.91. The van der Waals surface area contributed by atoms with Crippen LogP contribution in [0.4, 0.5) is 5.69 Å². The van der Waals surface area contributed by atoms with Crippen LogP contribution >= 0.6 is 0 Å². The van der Waals surface area contributed by atoms with Crippen molar-refractivity contribution >= 4 is 17.5 Å². The number of unbranched alkanes of at least 4 members (excludes halogenated alkanes) is 1. The number of hydrogen-bond acceptors (Lipinski definition) is 4. The standard InChI is InChI=1S/C26H30N4O2/c1-30(18-15-23-9-2-4-16-28-23)17-5-3-10-25(31)29-24-13-11-20(12-14-24)21-7-6-8-22(19-21)26(27)32/h2,4,6-9,11-14,16,19H,3,5,10,15,17-18H2,1H3,(H2,27,32)(H,29,31). The van der Waals surface area contributed by atoms with Crippen molar-refractivity contribution < 1.29 is 9.59 Å². The van der Waals surface area contributed by atoms with E-state index in [4.69, 9.17) is 5.73 Å². The Morgan fingerprint density at radius 2 is 1.75 bits per heavy atom. The smallest absolute Gasteiger partial charge is 0.248 e. The van der Waals surface area contributed by atoms with E-state index in [1.165, 1.54) is 0 Å².